The monoisotopic (exact) mass is 487 g/mol. The zero-order valence-electron chi connectivity index (χ0n) is 18.6. The van der Waals surface area contributed by atoms with Crippen LogP contribution in [0.4, 0.5) is 9.52 Å². The number of halogens is 1. The van der Waals surface area contributed by atoms with Crippen molar-refractivity contribution < 1.29 is 14.0 Å². The number of hydrogen-bond donors (Lipinski definition) is 2. The Morgan fingerprint density at radius 2 is 2.00 bits per heavy atom. The Kier molecular flexibility index (Phi) is 5.21. The second kappa shape index (κ2) is 8.42. The van der Waals surface area contributed by atoms with Gasteiger partial charge in [0.15, 0.2) is 5.13 Å². The molecule has 0 radical (unpaired) electrons. The number of piperidine rings is 1. The third kappa shape index (κ3) is 3.91. The molecule has 1 aliphatic heterocycles. The number of thiazole rings is 1. The average Bonchev–Trinajstić information content (AvgIpc) is 3.35. The topological polar surface area (TPSA) is 101 Å². The zero-order valence-corrected chi connectivity index (χ0v) is 19.5. The van der Waals surface area contributed by atoms with Crippen molar-refractivity contribution in [3.63, 3.8) is 0 Å². The summed E-state index contributed by atoms with van der Waals surface area (Å²) in [6.45, 7) is 0.336. The van der Waals surface area contributed by atoms with E-state index in [0.717, 1.165) is 23.7 Å². The molecule has 6 rings (SSSR count). The minimum Gasteiger partial charge on any atom is -0.375 e. The van der Waals surface area contributed by atoms with Gasteiger partial charge in [-0.3, -0.25) is 14.6 Å². The highest BCUT2D eigenvalue weighted by atomic mass is 32.1. The number of pyridine rings is 1. The van der Waals surface area contributed by atoms with Crippen molar-refractivity contribution in [3.8, 4) is 10.4 Å². The summed E-state index contributed by atoms with van der Waals surface area (Å²) < 4.78 is 13.9. The zero-order chi connectivity index (χ0) is 24.1. The number of nitrogens with two attached hydrogens (primary N) is 1. The van der Waals surface area contributed by atoms with Gasteiger partial charge in [-0.05, 0) is 54.7 Å². The molecule has 9 heteroatoms. The first-order valence-corrected chi connectivity index (χ1v) is 12.3. The Hall–Kier alpha value is -3.85. The number of anilines is 1. The molecule has 2 aromatic carbocycles. The smallest absolute Gasteiger partial charge is 0.274 e. The predicted molar refractivity (Wildman–Crippen MR) is 132 cm³/mol. The van der Waals surface area contributed by atoms with E-state index < -0.39 is 0 Å². The molecule has 2 aromatic heterocycles. The van der Waals surface area contributed by atoms with Crippen LogP contribution in [0.25, 0.3) is 21.3 Å². The maximum Gasteiger partial charge on any atom is 0.274 e. The van der Waals surface area contributed by atoms with Crippen LogP contribution >= 0.6 is 11.3 Å². The molecule has 7 nitrogen and oxygen atoms in total. The minimum atomic E-state index is -0.388. The number of aromatic nitrogens is 2. The van der Waals surface area contributed by atoms with Crippen molar-refractivity contribution >= 4 is 39.2 Å². The van der Waals surface area contributed by atoms with Crippen LogP contribution < -0.4 is 11.1 Å². The van der Waals surface area contributed by atoms with Gasteiger partial charge in [0, 0.05) is 29.7 Å². The summed E-state index contributed by atoms with van der Waals surface area (Å²) in [6.07, 6.45) is 3.46. The van der Waals surface area contributed by atoms with Crippen molar-refractivity contribution in [3.05, 3.63) is 77.9 Å². The van der Waals surface area contributed by atoms with Crippen LogP contribution in [0, 0.1) is 11.7 Å². The van der Waals surface area contributed by atoms with E-state index in [0.29, 0.717) is 28.5 Å². The third-order valence-corrected chi connectivity index (χ3v) is 7.70. The largest absolute Gasteiger partial charge is 0.375 e. The van der Waals surface area contributed by atoms with Crippen molar-refractivity contribution in [1.82, 2.24) is 20.2 Å². The molecular formula is C26H22FN5O2S. The van der Waals surface area contributed by atoms with Gasteiger partial charge in [-0.1, -0.05) is 35.6 Å². The Labute approximate surface area is 204 Å². The first-order valence-electron chi connectivity index (χ1n) is 11.5. The highest BCUT2D eigenvalue weighted by Gasteiger charge is 2.54. The van der Waals surface area contributed by atoms with E-state index in [-0.39, 0.29) is 40.5 Å². The lowest BCUT2D eigenvalue weighted by atomic mass is 10.1. The fourth-order valence-corrected chi connectivity index (χ4v) is 5.91. The number of benzene rings is 2. The number of carbonyl (C=O) groups excluding carboxylic acids is 2. The first kappa shape index (κ1) is 21.7. The molecule has 2 aliphatic rings. The van der Waals surface area contributed by atoms with Crippen LogP contribution in [0.3, 0.4) is 0 Å². The number of rotatable bonds is 5. The van der Waals surface area contributed by atoms with E-state index in [9.17, 15) is 14.0 Å². The number of nitrogens with one attached hydrogen (secondary N) is 1. The van der Waals surface area contributed by atoms with Gasteiger partial charge in [-0.15, -0.1) is 0 Å². The van der Waals surface area contributed by atoms with Crippen LogP contribution in [0.5, 0.6) is 0 Å². The molecule has 176 valence electrons. The van der Waals surface area contributed by atoms with Crippen LogP contribution in [0.2, 0.25) is 0 Å². The molecular weight excluding hydrogens is 465 g/mol. The molecule has 3 atom stereocenters. The molecule has 4 aromatic rings. The van der Waals surface area contributed by atoms with Gasteiger partial charge >= 0.3 is 0 Å². The Balaban J connectivity index is 1.23. The molecule has 0 spiro atoms. The number of nitrogen functional groups attached to an aromatic ring is 1. The summed E-state index contributed by atoms with van der Waals surface area (Å²) >= 11 is 1.17. The van der Waals surface area contributed by atoms with Gasteiger partial charge < -0.3 is 16.0 Å². The summed E-state index contributed by atoms with van der Waals surface area (Å²) in [7, 11) is 0. The summed E-state index contributed by atoms with van der Waals surface area (Å²) in [4.78, 5) is 37.7. The van der Waals surface area contributed by atoms with Gasteiger partial charge in [-0.25, -0.2) is 9.37 Å². The highest BCUT2D eigenvalue weighted by molar-refractivity contribution is 7.19. The second-order valence-electron chi connectivity index (χ2n) is 8.99. The lowest BCUT2D eigenvalue weighted by molar-refractivity contribution is 0.0685. The standard InChI is InChI=1S/C26H22FN5O2S/c27-16-5-1-4-14(10-16)23-22(31-26(28)35-23)25(34)32-17(11-15-12-21(15)32)13-30-24(33)19-6-2-8-20-18(19)7-3-9-29-20/h1-10,15,17,21H,11-13H2,(H2,28,31)(H,30,33)/t15?,17-,21?/m0/s1. The maximum absolute atomic E-state index is 13.9. The molecule has 2 fully saturated rings. The molecule has 1 aliphatic carbocycles. The van der Waals surface area contributed by atoms with Crippen LogP contribution in [-0.4, -0.2) is 45.3 Å². The number of fused-ring (bicyclic) bond motifs is 2. The average molecular weight is 488 g/mol. The summed E-state index contributed by atoms with van der Waals surface area (Å²) in [5.74, 6) is -0.387. The molecule has 0 bridgehead atoms. The van der Waals surface area contributed by atoms with Crippen molar-refractivity contribution in [2.45, 2.75) is 24.9 Å². The Bertz CT molecular complexity index is 1470. The number of nitrogens with zero attached hydrogens (tertiary/aromatic N) is 3. The van der Waals surface area contributed by atoms with Crippen molar-refractivity contribution in [1.29, 1.82) is 0 Å². The molecule has 1 saturated carbocycles. The molecule has 3 N–H and O–H groups in total. The Morgan fingerprint density at radius 3 is 2.86 bits per heavy atom. The fraction of sp³-hybridized carbons (Fsp3) is 0.231. The molecule has 3 heterocycles. The highest BCUT2D eigenvalue weighted by Crippen LogP contribution is 2.49. The van der Waals surface area contributed by atoms with Crippen LogP contribution in [0.1, 0.15) is 33.7 Å². The van der Waals surface area contributed by atoms with Gasteiger partial charge in [0.2, 0.25) is 0 Å². The van der Waals surface area contributed by atoms with E-state index in [4.69, 9.17) is 5.73 Å². The number of amides is 2. The van der Waals surface area contributed by atoms with Gasteiger partial charge in [0.1, 0.15) is 11.5 Å². The van der Waals surface area contributed by atoms with Gasteiger partial charge in [0.05, 0.1) is 16.4 Å². The minimum absolute atomic E-state index is 0.134. The number of hydrogen-bond acceptors (Lipinski definition) is 6. The quantitative estimate of drug-likeness (QED) is 0.441. The lowest BCUT2D eigenvalue weighted by Crippen LogP contribution is -2.45. The molecule has 35 heavy (non-hydrogen) atoms. The molecule has 2 unspecified atom stereocenters. The number of likely N-dealkylation sites (tertiary alicyclic amines) is 1. The van der Waals surface area contributed by atoms with Crippen LogP contribution in [0.15, 0.2) is 60.8 Å². The van der Waals surface area contributed by atoms with E-state index in [1.165, 1.54) is 23.5 Å². The van der Waals surface area contributed by atoms with E-state index >= 15 is 0 Å². The van der Waals surface area contributed by atoms with Gasteiger partial charge in [-0.2, -0.15) is 0 Å². The SMILES string of the molecule is Nc1nc(C(=O)N2C3CC3C[C@H]2CNC(=O)c2cccc3ncccc23)c(-c2cccc(F)c2)s1. The third-order valence-electron chi connectivity index (χ3n) is 6.77. The van der Waals surface area contributed by atoms with E-state index in [1.807, 2.05) is 23.1 Å². The van der Waals surface area contributed by atoms with Crippen molar-refractivity contribution in [2.24, 2.45) is 5.92 Å². The fourth-order valence-electron chi connectivity index (χ4n) is 5.09. The normalized spacial score (nSPS) is 20.6. The second-order valence-corrected chi connectivity index (χ2v) is 10.0. The van der Waals surface area contributed by atoms with E-state index in [2.05, 4.69) is 15.3 Å². The number of carbonyl (C=O) groups is 2. The first-order chi connectivity index (χ1) is 17.0. The predicted octanol–water partition coefficient (Wildman–Crippen LogP) is 4.11. The lowest BCUT2D eigenvalue weighted by Gasteiger charge is -2.27. The summed E-state index contributed by atoms with van der Waals surface area (Å²) in [6, 6.07) is 15.2. The molecule has 1 saturated heterocycles. The summed E-state index contributed by atoms with van der Waals surface area (Å²) in [5, 5.41) is 4.06. The molecule has 2 amide bonds. The van der Waals surface area contributed by atoms with Crippen LogP contribution in [-0.2, 0) is 0 Å². The summed E-state index contributed by atoms with van der Waals surface area (Å²) in [5.41, 5.74) is 8.08. The Morgan fingerprint density at radius 1 is 1.14 bits per heavy atom. The van der Waals surface area contributed by atoms with Crippen molar-refractivity contribution in [2.75, 3.05) is 12.3 Å². The maximum atomic E-state index is 13.9. The van der Waals surface area contributed by atoms with E-state index in [1.54, 1.807) is 30.5 Å². The van der Waals surface area contributed by atoms with Gasteiger partial charge in [0.25, 0.3) is 11.8 Å².